The molecule has 1 aliphatic carbocycles. The molecule has 0 heterocycles. The van der Waals surface area contributed by atoms with Crippen molar-refractivity contribution >= 4 is 0 Å². The van der Waals surface area contributed by atoms with Crippen molar-refractivity contribution in [3.8, 4) is 0 Å². The molecule has 2 N–H and O–H groups in total. The standard InChI is InChI=1S/C15H23NO/c1-11-7-12(2)9-14(8-11)13(3)16-10-15(17)5-4-6-15/h7-9,13,16-17H,4-6,10H2,1-3H3. The van der Waals surface area contributed by atoms with E-state index in [9.17, 15) is 5.11 Å². The summed E-state index contributed by atoms with van der Waals surface area (Å²) in [5.74, 6) is 0. The van der Waals surface area contributed by atoms with E-state index in [0.29, 0.717) is 12.6 Å². The van der Waals surface area contributed by atoms with E-state index in [4.69, 9.17) is 0 Å². The zero-order valence-electron chi connectivity index (χ0n) is 11.1. The Balaban J connectivity index is 1.96. The average Bonchev–Trinajstić information content (AvgIpc) is 2.22. The molecule has 1 aliphatic rings. The van der Waals surface area contributed by atoms with Gasteiger partial charge in [-0.15, -0.1) is 0 Å². The Morgan fingerprint density at radius 2 is 1.82 bits per heavy atom. The molecule has 0 spiro atoms. The third-order valence-electron chi connectivity index (χ3n) is 3.77. The maximum atomic E-state index is 10.1. The maximum absolute atomic E-state index is 10.1. The Labute approximate surface area is 104 Å². The molecule has 2 rings (SSSR count). The monoisotopic (exact) mass is 233 g/mol. The number of hydrogen-bond acceptors (Lipinski definition) is 2. The molecule has 1 aromatic rings. The fourth-order valence-electron chi connectivity index (χ4n) is 2.48. The molecule has 1 aromatic carbocycles. The molecule has 0 aromatic heterocycles. The Morgan fingerprint density at radius 1 is 1.24 bits per heavy atom. The van der Waals surface area contributed by atoms with Gasteiger partial charge in [0.15, 0.2) is 0 Å². The van der Waals surface area contributed by atoms with Crippen molar-refractivity contribution in [1.29, 1.82) is 0 Å². The van der Waals surface area contributed by atoms with Gasteiger partial charge in [0.2, 0.25) is 0 Å². The second-order valence-corrected chi connectivity index (χ2v) is 5.60. The summed E-state index contributed by atoms with van der Waals surface area (Å²) in [5.41, 5.74) is 3.48. The number of aliphatic hydroxyl groups is 1. The van der Waals surface area contributed by atoms with E-state index in [0.717, 1.165) is 19.3 Å². The quantitative estimate of drug-likeness (QED) is 0.838. The summed E-state index contributed by atoms with van der Waals surface area (Å²) < 4.78 is 0. The molecule has 2 heteroatoms. The molecule has 0 aliphatic heterocycles. The lowest BCUT2D eigenvalue weighted by Gasteiger charge is -2.37. The number of hydrogen-bond donors (Lipinski definition) is 2. The van der Waals surface area contributed by atoms with Gasteiger partial charge >= 0.3 is 0 Å². The van der Waals surface area contributed by atoms with Gasteiger partial charge in [-0.1, -0.05) is 29.3 Å². The summed E-state index contributed by atoms with van der Waals surface area (Å²) in [6, 6.07) is 6.93. The highest BCUT2D eigenvalue weighted by atomic mass is 16.3. The van der Waals surface area contributed by atoms with Gasteiger partial charge in [-0.05, 0) is 45.6 Å². The molecule has 2 nitrogen and oxygen atoms in total. The first-order chi connectivity index (χ1) is 7.98. The predicted octanol–water partition coefficient (Wildman–Crippen LogP) is 2.87. The lowest BCUT2D eigenvalue weighted by atomic mass is 9.80. The largest absolute Gasteiger partial charge is 0.389 e. The minimum atomic E-state index is -0.437. The highest BCUT2D eigenvalue weighted by molar-refractivity contribution is 5.30. The Morgan fingerprint density at radius 3 is 2.29 bits per heavy atom. The zero-order valence-corrected chi connectivity index (χ0v) is 11.1. The van der Waals surface area contributed by atoms with Crippen LogP contribution in [-0.4, -0.2) is 17.3 Å². The van der Waals surface area contributed by atoms with E-state index in [1.165, 1.54) is 16.7 Å². The van der Waals surface area contributed by atoms with Crippen molar-refractivity contribution in [2.45, 2.75) is 51.7 Å². The fraction of sp³-hybridized carbons (Fsp3) is 0.600. The van der Waals surface area contributed by atoms with Gasteiger partial charge in [-0.2, -0.15) is 0 Å². The van der Waals surface area contributed by atoms with Crippen molar-refractivity contribution in [2.24, 2.45) is 0 Å². The van der Waals surface area contributed by atoms with Gasteiger partial charge < -0.3 is 10.4 Å². The molecule has 0 radical (unpaired) electrons. The minimum absolute atomic E-state index is 0.304. The van der Waals surface area contributed by atoms with Crippen molar-refractivity contribution in [3.05, 3.63) is 34.9 Å². The van der Waals surface area contributed by atoms with Crippen molar-refractivity contribution in [1.82, 2.24) is 5.32 Å². The van der Waals surface area contributed by atoms with E-state index in [2.05, 4.69) is 44.3 Å². The van der Waals surface area contributed by atoms with Crippen molar-refractivity contribution in [3.63, 3.8) is 0 Å². The number of nitrogens with one attached hydrogen (secondary N) is 1. The van der Waals surface area contributed by atoms with Gasteiger partial charge in [0.05, 0.1) is 5.60 Å². The first kappa shape index (κ1) is 12.6. The summed E-state index contributed by atoms with van der Waals surface area (Å²) in [4.78, 5) is 0. The SMILES string of the molecule is Cc1cc(C)cc(C(C)NCC2(O)CCC2)c1. The van der Waals surface area contributed by atoms with E-state index < -0.39 is 5.60 Å². The summed E-state index contributed by atoms with van der Waals surface area (Å²) in [6.45, 7) is 7.13. The van der Waals surface area contributed by atoms with Crippen LogP contribution in [0.15, 0.2) is 18.2 Å². The molecular weight excluding hydrogens is 210 g/mol. The molecule has 0 saturated heterocycles. The molecule has 0 amide bonds. The maximum Gasteiger partial charge on any atom is 0.0771 e. The van der Waals surface area contributed by atoms with Crippen LogP contribution in [0.4, 0.5) is 0 Å². The molecule has 1 saturated carbocycles. The van der Waals surface area contributed by atoms with Gasteiger partial charge in [-0.3, -0.25) is 0 Å². The van der Waals surface area contributed by atoms with E-state index in [1.54, 1.807) is 0 Å². The minimum Gasteiger partial charge on any atom is -0.389 e. The van der Waals surface area contributed by atoms with E-state index in [1.807, 2.05) is 0 Å². The topological polar surface area (TPSA) is 32.3 Å². The molecule has 94 valence electrons. The highest BCUT2D eigenvalue weighted by Crippen LogP contribution is 2.31. The first-order valence-electron chi connectivity index (χ1n) is 6.52. The van der Waals surface area contributed by atoms with E-state index >= 15 is 0 Å². The molecule has 1 atom stereocenters. The molecule has 1 fully saturated rings. The van der Waals surface area contributed by atoms with Gasteiger partial charge in [-0.25, -0.2) is 0 Å². The third kappa shape index (κ3) is 3.08. The zero-order chi connectivity index (χ0) is 12.5. The summed E-state index contributed by atoms with van der Waals surface area (Å²) in [7, 11) is 0. The van der Waals surface area contributed by atoms with E-state index in [-0.39, 0.29) is 0 Å². The second-order valence-electron chi connectivity index (χ2n) is 5.60. The molecule has 0 bridgehead atoms. The lowest BCUT2D eigenvalue weighted by molar-refractivity contribution is -0.0329. The average molecular weight is 233 g/mol. The Bertz CT molecular complexity index is 376. The van der Waals surface area contributed by atoms with Crippen LogP contribution in [-0.2, 0) is 0 Å². The van der Waals surface area contributed by atoms with Crippen LogP contribution in [0.3, 0.4) is 0 Å². The van der Waals surface area contributed by atoms with Crippen molar-refractivity contribution in [2.75, 3.05) is 6.54 Å². The number of benzene rings is 1. The normalized spacial score (nSPS) is 19.8. The first-order valence-corrected chi connectivity index (χ1v) is 6.52. The highest BCUT2D eigenvalue weighted by Gasteiger charge is 2.34. The lowest BCUT2D eigenvalue weighted by Crippen LogP contribution is -2.46. The molecule has 1 unspecified atom stereocenters. The van der Waals surface area contributed by atoms with Crippen LogP contribution < -0.4 is 5.32 Å². The van der Waals surface area contributed by atoms with Gasteiger partial charge in [0.1, 0.15) is 0 Å². The molecular formula is C15H23NO. The van der Waals surface area contributed by atoms with Crippen LogP contribution in [0.25, 0.3) is 0 Å². The predicted molar refractivity (Wildman–Crippen MR) is 71.1 cm³/mol. The second kappa shape index (κ2) is 4.79. The summed E-state index contributed by atoms with van der Waals surface area (Å²) in [5, 5.41) is 13.5. The third-order valence-corrected chi connectivity index (χ3v) is 3.77. The van der Waals surface area contributed by atoms with Crippen LogP contribution >= 0.6 is 0 Å². The Kier molecular flexibility index (Phi) is 3.55. The number of rotatable bonds is 4. The van der Waals surface area contributed by atoms with Crippen LogP contribution in [0, 0.1) is 13.8 Å². The fourth-order valence-corrected chi connectivity index (χ4v) is 2.48. The van der Waals surface area contributed by atoms with Gasteiger partial charge in [0.25, 0.3) is 0 Å². The van der Waals surface area contributed by atoms with Crippen LogP contribution in [0.2, 0.25) is 0 Å². The summed E-state index contributed by atoms with van der Waals surface area (Å²) >= 11 is 0. The van der Waals surface area contributed by atoms with Crippen molar-refractivity contribution < 1.29 is 5.11 Å². The Hall–Kier alpha value is -0.860. The number of aryl methyl sites for hydroxylation is 2. The smallest absolute Gasteiger partial charge is 0.0771 e. The summed E-state index contributed by atoms with van der Waals surface area (Å²) in [6.07, 6.45) is 3.05. The van der Waals surface area contributed by atoms with Gasteiger partial charge in [0, 0.05) is 12.6 Å². The van der Waals surface area contributed by atoms with Crippen LogP contribution in [0.5, 0.6) is 0 Å². The van der Waals surface area contributed by atoms with Crippen LogP contribution in [0.1, 0.15) is 48.9 Å². The molecule has 17 heavy (non-hydrogen) atoms.